The van der Waals surface area contributed by atoms with E-state index in [2.05, 4.69) is 4.98 Å². The van der Waals surface area contributed by atoms with Gasteiger partial charge in [0.2, 0.25) is 0 Å². The van der Waals surface area contributed by atoms with Gasteiger partial charge < -0.3 is 19.0 Å². The Balaban J connectivity index is 1.95. The Labute approximate surface area is 180 Å². The molecule has 0 aliphatic heterocycles. The summed E-state index contributed by atoms with van der Waals surface area (Å²) in [5.41, 5.74) is 2.34. The van der Waals surface area contributed by atoms with Crippen LogP contribution in [0.2, 0.25) is 0 Å². The lowest BCUT2D eigenvalue weighted by molar-refractivity contribution is -0.133. The number of hydrogen-bond acceptors (Lipinski definition) is 6. The monoisotopic (exact) mass is 427 g/mol. The third kappa shape index (κ3) is 5.79. The third-order valence-electron chi connectivity index (χ3n) is 3.91. The van der Waals surface area contributed by atoms with Gasteiger partial charge in [0.05, 0.1) is 12.2 Å². The molecule has 6 nitrogen and oxygen atoms in total. The van der Waals surface area contributed by atoms with Crippen molar-refractivity contribution in [3.63, 3.8) is 0 Å². The highest BCUT2D eigenvalue weighted by Gasteiger charge is 2.18. The quantitative estimate of drug-likeness (QED) is 0.435. The van der Waals surface area contributed by atoms with Gasteiger partial charge in [-0.05, 0) is 76.2 Å². The van der Waals surface area contributed by atoms with E-state index < -0.39 is 5.97 Å². The minimum Gasteiger partial charge on any atom is -0.491 e. The van der Waals surface area contributed by atoms with E-state index in [-0.39, 0.29) is 18.0 Å². The number of aromatic nitrogens is 1. The average molecular weight is 428 g/mol. The molecular weight excluding hydrogens is 402 g/mol. The summed E-state index contributed by atoms with van der Waals surface area (Å²) in [4.78, 5) is 15.5. The molecule has 0 bridgehead atoms. The van der Waals surface area contributed by atoms with Gasteiger partial charge in [-0.15, -0.1) is 0 Å². The number of rotatable bonds is 9. The zero-order valence-corrected chi connectivity index (χ0v) is 18.2. The summed E-state index contributed by atoms with van der Waals surface area (Å²) < 4.78 is 17.4. The summed E-state index contributed by atoms with van der Waals surface area (Å²) in [6.07, 6.45) is 0.173. The van der Waals surface area contributed by atoms with Gasteiger partial charge in [-0.1, -0.05) is 11.8 Å². The number of ether oxygens (including phenoxy) is 2. The Bertz CT molecular complexity index is 907. The van der Waals surface area contributed by atoms with Crippen molar-refractivity contribution in [3.8, 4) is 34.1 Å². The highest BCUT2D eigenvalue weighted by Crippen LogP contribution is 2.37. The number of carbonyl (C=O) groups is 1. The average Bonchev–Trinajstić information content (AvgIpc) is 3.11. The highest BCUT2D eigenvalue weighted by molar-refractivity contribution is 7.99. The van der Waals surface area contributed by atoms with Crippen molar-refractivity contribution < 1.29 is 23.8 Å². The van der Waals surface area contributed by atoms with E-state index in [4.69, 9.17) is 19.0 Å². The lowest BCUT2D eigenvalue weighted by Crippen LogP contribution is -2.05. The number of oxazole rings is 1. The molecule has 1 N–H and O–H groups in total. The molecule has 1 aromatic heterocycles. The molecule has 0 aliphatic carbocycles. The molecule has 0 radical (unpaired) electrons. The fourth-order valence-corrected chi connectivity index (χ4v) is 3.34. The van der Waals surface area contributed by atoms with Crippen molar-refractivity contribution >= 4 is 17.7 Å². The van der Waals surface area contributed by atoms with Crippen molar-refractivity contribution in [2.75, 3.05) is 5.75 Å². The molecule has 0 amide bonds. The molecule has 3 aromatic rings. The lowest BCUT2D eigenvalue weighted by Gasteiger charge is -2.10. The Morgan fingerprint density at radius 3 is 1.90 bits per heavy atom. The number of carboxylic acid groups (broad SMARTS) is 1. The van der Waals surface area contributed by atoms with E-state index in [0.29, 0.717) is 16.7 Å². The number of nitrogens with zero attached hydrogens (tertiary/aromatic N) is 1. The van der Waals surface area contributed by atoms with Gasteiger partial charge in [0, 0.05) is 11.1 Å². The molecule has 2 aromatic carbocycles. The second-order valence-corrected chi connectivity index (χ2v) is 8.15. The summed E-state index contributed by atoms with van der Waals surface area (Å²) >= 11 is 1.05. The number of hydrogen-bond donors (Lipinski definition) is 1. The Hall–Kier alpha value is -2.93. The van der Waals surface area contributed by atoms with Crippen LogP contribution < -0.4 is 9.47 Å². The molecule has 7 heteroatoms. The maximum Gasteiger partial charge on any atom is 0.314 e. The van der Waals surface area contributed by atoms with E-state index in [1.807, 2.05) is 76.2 Å². The second kappa shape index (κ2) is 9.71. The molecule has 3 rings (SSSR count). The largest absolute Gasteiger partial charge is 0.491 e. The maximum absolute atomic E-state index is 10.9. The van der Waals surface area contributed by atoms with Gasteiger partial charge in [0.1, 0.15) is 22.9 Å². The van der Waals surface area contributed by atoms with Crippen LogP contribution in [0.5, 0.6) is 11.5 Å². The number of benzene rings is 2. The van der Waals surface area contributed by atoms with Crippen LogP contribution in [0.3, 0.4) is 0 Å². The predicted octanol–water partition coefficient (Wildman–Crippen LogP) is 5.76. The number of thioether (sulfide) groups is 1. The third-order valence-corrected chi connectivity index (χ3v) is 4.73. The maximum atomic E-state index is 10.9. The second-order valence-electron chi connectivity index (χ2n) is 7.22. The van der Waals surface area contributed by atoms with Gasteiger partial charge in [-0.25, -0.2) is 4.98 Å². The topological polar surface area (TPSA) is 81.8 Å². The summed E-state index contributed by atoms with van der Waals surface area (Å²) in [5.74, 6) is 1.07. The first kappa shape index (κ1) is 21.8. The molecule has 0 unspecified atom stereocenters. The molecule has 0 atom stereocenters. The van der Waals surface area contributed by atoms with Crippen LogP contribution in [0.1, 0.15) is 27.7 Å². The highest BCUT2D eigenvalue weighted by atomic mass is 32.2. The van der Waals surface area contributed by atoms with Crippen LogP contribution in [0, 0.1) is 0 Å². The van der Waals surface area contributed by atoms with Gasteiger partial charge in [-0.2, -0.15) is 0 Å². The van der Waals surface area contributed by atoms with E-state index in [9.17, 15) is 4.79 Å². The Morgan fingerprint density at radius 1 is 0.933 bits per heavy atom. The minimum absolute atomic E-state index is 0.0854. The fraction of sp³-hybridized carbons (Fsp3) is 0.304. The molecule has 0 spiro atoms. The van der Waals surface area contributed by atoms with Crippen LogP contribution >= 0.6 is 11.8 Å². The molecule has 0 fully saturated rings. The van der Waals surface area contributed by atoms with Gasteiger partial charge in [-0.3, -0.25) is 4.79 Å². The molecule has 0 saturated carbocycles. The first-order chi connectivity index (χ1) is 14.3. The molecular formula is C23H25NO5S. The zero-order valence-electron chi connectivity index (χ0n) is 17.4. The van der Waals surface area contributed by atoms with Crippen LogP contribution in [-0.4, -0.2) is 34.0 Å². The minimum atomic E-state index is -0.924. The summed E-state index contributed by atoms with van der Waals surface area (Å²) in [6, 6.07) is 15.2. The number of aliphatic carboxylic acids is 1. The van der Waals surface area contributed by atoms with Crippen LogP contribution in [0.25, 0.3) is 22.6 Å². The first-order valence-electron chi connectivity index (χ1n) is 9.71. The SMILES string of the molecule is CC(C)Oc1ccc(-c2nc(SCC(=O)O)oc2-c2ccc(OC(C)C)cc2)cc1. The van der Waals surface area contributed by atoms with Gasteiger partial charge in [0.15, 0.2) is 5.76 Å². The molecule has 158 valence electrons. The van der Waals surface area contributed by atoms with Crippen molar-refractivity contribution in [1.29, 1.82) is 0 Å². The molecule has 1 heterocycles. The van der Waals surface area contributed by atoms with Crippen LogP contribution in [-0.2, 0) is 4.79 Å². The molecule has 0 saturated heterocycles. The van der Waals surface area contributed by atoms with E-state index in [1.54, 1.807) is 0 Å². The summed E-state index contributed by atoms with van der Waals surface area (Å²) in [6.45, 7) is 7.90. The zero-order chi connectivity index (χ0) is 21.7. The molecule has 0 aliphatic rings. The first-order valence-corrected chi connectivity index (χ1v) is 10.7. The Morgan fingerprint density at radius 2 is 1.43 bits per heavy atom. The van der Waals surface area contributed by atoms with Crippen molar-refractivity contribution in [2.24, 2.45) is 0 Å². The smallest absolute Gasteiger partial charge is 0.314 e. The molecule has 30 heavy (non-hydrogen) atoms. The number of carboxylic acids is 1. The fourth-order valence-electron chi connectivity index (χ4n) is 2.80. The van der Waals surface area contributed by atoms with E-state index in [0.717, 1.165) is 34.4 Å². The van der Waals surface area contributed by atoms with E-state index in [1.165, 1.54) is 0 Å². The Kier molecular flexibility index (Phi) is 7.05. The summed E-state index contributed by atoms with van der Waals surface area (Å²) in [5, 5.41) is 9.28. The van der Waals surface area contributed by atoms with Gasteiger partial charge >= 0.3 is 5.97 Å². The predicted molar refractivity (Wildman–Crippen MR) is 117 cm³/mol. The summed E-state index contributed by atoms with van der Waals surface area (Å²) in [7, 11) is 0. The standard InChI is InChI=1S/C23H25NO5S/c1-14(2)27-18-9-5-16(6-10-18)21-22(29-23(24-21)30-13-20(25)26)17-7-11-19(12-8-17)28-15(3)4/h5-12,14-15H,13H2,1-4H3,(H,25,26). The van der Waals surface area contributed by atoms with Crippen molar-refractivity contribution in [2.45, 2.75) is 45.1 Å². The normalized spacial score (nSPS) is 11.1. The van der Waals surface area contributed by atoms with Crippen molar-refractivity contribution in [1.82, 2.24) is 4.98 Å². The van der Waals surface area contributed by atoms with Crippen molar-refractivity contribution in [3.05, 3.63) is 48.5 Å². The van der Waals surface area contributed by atoms with Gasteiger partial charge in [0.25, 0.3) is 5.22 Å². The van der Waals surface area contributed by atoms with Crippen LogP contribution in [0.4, 0.5) is 0 Å². The lowest BCUT2D eigenvalue weighted by atomic mass is 10.1. The van der Waals surface area contributed by atoms with E-state index >= 15 is 0 Å². The van der Waals surface area contributed by atoms with Crippen LogP contribution in [0.15, 0.2) is 58.2 Å².